The molecule has 2 amide bonds. The summed E-state index contributed by atoms with van der Waals surface area (Å²) in [6.07, 6.45) is 1.47. The monoisotopic (exact) mass is 225 g/mol. The minimum atomic E-state index is -0.897. The van der Waals surface area contributed by atoms with E-state index in [1.165, 1.54) is 0 Å². The number of hydrogen-bond acceptors (Lipinski definition) is 4. The summed E-state index contributed by atoms with van der Waals surface area (Å²) < 4.78 is 1.64. The van der Waals surface area contributed by atoms with Crippen molar-refractivity contribution in [3.05, 3.63) is 18.0 Å². The number of carbonyl (C=O) groups excluding carboxylic acids is 2. The lowest BCUT2D eigenvalue weighted by Gasteiger charge is -2.10. The van der Waals surface area contributed by atoms with Crippen LogP contribution in [0, 0.1) is 0 Å². The van der Waals surface area contributed by atoms with Gasteiger partial charge in [0.25, 0.3) is 0 Å². The molecule has 88 valence electrons. The second-order valence-corrected chi connectivity index (χ2v) is 3.44. The second-order valence-electron chi connectivity index (χ2n) is 3.44. The first-order valence-electron chi connectivity index (χ1n) is 4.79. The first-order valence-corrected chi connectivity index (χ1v) is 4.79. The highest BCUT2D eigenvalue weighted by Gasteiger charge is 2.15. The minimum absolute atomic E-state index is 0.156. The van der Waals surface area contributed by atoms with E-state index >= 15 is 0 Å². The fourth-order valence-electron chi connectivity index (χ4n) is 1.19. The number of carbonyl (C=O) groups is 2. The van der Waals surface area contributed by atoms with Crippen molar-refractivity contribution in [3.8, 4) is 0 Å². The van der Waals surface area contributed by atoms with E-state index in [1.54, 1.807) is 24.0 Å². The number of amides is 2. The molecule has 0 aromatic carbocycles. The fraction of sp³-hybridized carbons (Fsp3) is 0.444. The van der Waals surface area contributed by atoms with E-state index in [0.717, 1.165) is 5.69 Å². The summed E-state index contributed by atoms with van der Waals surface area (Å²) in [5.74, 6) is -0.997. The standard InChI is InChI=1S/C9H15N5O2/c1-14-6(2-3-13-14)5-12-9(16)7(10)4-8(11)15/h2-3,7H,4-5,10H2,1H3,(H2,11,15)(H,12,16). The lowest BCUT2D eigenvalue weighted by molar-refractivity contribution is -0.126. The molecule has 1 heterocycles. The average Bonchev–Trinajstić information content (AvgIpc) is 2.59. The largest absolute Gasteiger partial charge is 0.370 e. The molecule has 0 aliphatic rings. The lowest BCUT2D eigenvalue weighted by Crippen LogP contribution is -2.42. The van der Waals surface area contributed by atoms with Crippen LogP contribution < -0.4 is 16.8 Å². The molecule has 7 heteroatoms. The Morgan fingerprint density at radius 2 is 2.31 bits per heavy atom. The van der Waals surface area contributed by atoms with Gasteiger partial charge in [0.1, 0.15) is 0 Å². The summed E-state index contributed by atoms with van der Waals surface area (Å²) in [5.41, 5.74) is 11.2. The van der Waals surface area contributed by atoms with Gasteiger partial charge >= 0.3 is 0 Å². The van der Waals surface area contributed by atoms with E-state index in [-0.39, 0.29) is 6.42 Å². The third kappa shape index (κ3) is 3.35. The van der Waals surface area contributed by atoms with E-state index in [4.69, 9.17) is 11.5 Å². The van der Waals surface area contributed by atoms with Gasteiger partial charge in [-0.2, -0.15) is 5.10 Å². The number of rotatable bonds is 5. The van der Waals surface area contributed by atoms with Crippen LogP contribution in [-0.2, 0) is 23.2 Å². The van der Waals surface area contributed by atoms with Gasteiger partial charge in [0.15, 0.2) is 0 Å². The van der Waals surface area contributed by atoms with Crippen LogP contribution in [0.3, 0.4) is 0 Å². The Morgan fingerprint density at radius 1 is 1.62 bits per heavy atom. The molecule has 0 radical (unpaired) electrons. The Balaban J connectivity index is 2.41. The van der Waals surface area contributed by atoms with Crippen LogP contribution in [0.15, 0.2) is 12.3 Å². The summed E-state index contributed by atoms with van der Waals surface area (Å²) in [7, 11) is 1.77. The van der Waals surface area contributed by atoms with Gasteiger partial charge in [-0.3, -0.25) is 14.3 Å². The highest BCUT2D eigenvalue weighted by molar-refractivity contribution is 5.87. The smallest absolute Gasteiger partial charge is 0.237 e. The quantitative estimate of drug-likeness (QED) is 0.550. The maximum absolute atomic E-state index is 11.4. The molecular formula is C9H15N5O2. The number of aryl methyl sites for hydroxylation is 1. The SMILES string of the molecule is Cn1nccc1CNC(=O)C(N)CC(N)=O. The van der Waals surface area contributed by atoms with Crippen molar-refractivity contribution in [2.24, 2.45) is 18.5 Å². The van der Waals surface area contributed by atoms with Gasteiger partial charge < -0.3 is 16.8 Å². The van der Waals surface area contributed by atoms with Crippen LogP contribution in [0.5, 0.6) is 0 Å². The predicted octanol–water partition coefficient (Wildman–Crippen LogP) is -1.76. The summed E-state index contributed by atoms with van der Waals surface area (Å²) in [4.78, 5) is 22.0. The zero-order chi connectivity index (χ0) is 12.1. The molecule has 0 aliphatic heterocycles. The third-order valence-electron chi connectivity index (χ3n) is 2.12. The Labute approximate surface area is 92.8 Å². The minimum Gasteiger partial charge on any atom is -0.370 e. The topological polar surface area (TPSA) is 116 Å². The molecule has 7 nitrogen and oxygen atoms in total. The number of nitrogens with two attached hydrogens (primary N) is 2. The molecule has 1 aromatic rings. The van der Waals surface area contributed by atoms with Crippen molar-refractivity contribution in [2.75, 3.05) is 0 Å². The van der Waals surface area contributed by atoms with E-state index in [0.29, 0.717) is 6.54 Å². The van der Waals surface area contributed by atoms with Crippen molar-refractivity contribution < 1.29 is 9.59 Å². The second kappa shape index (κ2) is 5.26. The van der Waals surface area contributed by atoms with Gasteiger partial charge in [-0.05, 0) is 6.07 Å². The summed E-state index contributed by atoms with van der Waals surface area (Å²) >= 11 is 0. The van der Waals surface area contributed by atoms with Crippen LogP contribution in [0.1, 0.15) is 12.1 Å². The molecule has 16 heavy (non-hydrogen) atoms. The molecule has 0 saturated carbocycles. The van der Waals surface area contributed by atoms with Crippen LogP contribution in [-0.4, -0.2) is 27.6 Å². The highest BCUT2D eigenvalue weighted by atomic mass is 16.2. The number of hydrogen-bond donors (Lipinski definition) is 3. The number of primary amides is 1. The van der Waals surface area contributed by atoms with Crippen LogP contribution >= 0.6 is 0 Å². The van der Waals surface area contributed by atoms with E-state index < -0.39 is 17.9 Å². The molecule has 1 rings (SSSR count). The molecule has 0 spiro atoms. The van der Waals surface area contributed by atoms with E-state index in [9.17, 15) is 9.59 Å². The average molecular weight is 225 g/mol. The van der Waals surface area contributed by atoms with Gasteiger partial charge in [-0.25, -0.2) is 0 Å². The van der Waals surface area contributed by atoms with Crippen molar-refractivity contribution in [3.63, 3.8) is 0 Å². The molecule has 0 aliphatic carbocycles. The Kier molecular flexibility index (Phi) is 4.01. The molecule has 0 fully saturated rings. The Morgan fingerprint density at radius 3 is 2.81 bits per heavy atom. The van der Waals surface area contributed by atoms with Crippen LogP contribution in [0.4, 0.5) is 0 Å². The van der Waals surface area contributed by atoms with Crippen molar-refractivity contribution in [2.45, 2.75) is 19.0 Å². The molecule has 1 atom stereocenters. The normalized spacial score (nSPS) is 12.1. The van der Waals surface area contributed by atoms with E-state index in [2.05, 4.69) is 10.4 Å². The number of nitrogens with one attached hydrogen (secondary N) is 1. The van der Waals surface area contributed by atoms with Gasteiger partial charge in [0, 0.05) is 13.2 Å². The summed E-state index contributed by atoms with van der Waals surface area (Å²) in [6.45, 7) is 0.321. The zero-order valence-corrected chi connectivity index (χ0v) is 9.01. The van der Waals surface area contributed by atoms with Gasteiger partial charge in [0.2, 0.25) is 11.8 Å². The van der Waals surface area contributed by atoms with Crippen molar-refractivity contribution in [1.82, 2.24) is 15.1 Å². The summed E-state index contributed by atoms with van der Waals surface area (Å²) in [6, 6.07) is 0.880. The van der Waals surface area contributed by atoms with Crippen LogP contribution in [0.25, 0.3) is 0 Å². The maximum Gasteiger partial charge on any atom is 0.237 e. The van der Waals surface area contributed by atoms with Gasteiger partial charge in [0.05, 0.1) is 24.7 Å². The zero-order valence-electron chi connectivity index (χ0n) is 9.01. The van der Waals surface area contributed by atoms with Gasteiger partial charge in [-0.15, -0.1) is 0 Å². The molecule has 5 N–H and O–H groups in total. The maximum atomic E-state index is 11.4. The Hall–Kier alpha value is -1.89. The van der Waals surface area contributed by atoms with Crippen molar-refractivity contribution in [1.29, 1.82) is 0 Å². The van der Waals surface area contributed by atoms with Crippen LogP contribution in [0.2, 0.25) is 0 Å². The van der Waals surface area contributed by atoms with Crippen molar-refractivity contribution >= 4 is 11.8 Å². The molecule has 0 saturated heterocycles. The molecule has 0 bridgehead atoms. The van der Waals surface area contributed by atoms with Gasteiger partial charge in [-0.1, -0.05) is 0 Å². The molecule has 1 aromatic heterocycles. The number of nitrogens with zero attached hydrogens (tertiary/aromatic N) is 2. The molecular weight excluding hydrogens is 210 g/mol. The predicted molar refractivity (Wildman–Crippen MR) is 56.8 cm³/mol. The lowest BCUT2D eigenvalue weighted by atomic mass is 10.2. The molecule has 1 unspecified atom stereocenters. The third-order valence-corrected chi connectivity index (χ3v) is 2.12. The fourth-order valence-corrected chi connectivity index (χ4v) is 1.19. The summed E-state index contributed by atoms with van der Waals surface area (Å²) in [5, 5.41) is 6.55. The number of aromatic nitrogens is 2. The Bertz CT molecular complexity index is 387. The first kappa shape index (κ1) is 12.2. The highest BCUT2D eigenvalue weighted by Crippen LogP contribution is 1.95. The first-order chi connectivity index (χ1) is 7.50. The van der Waals surface area contributed by atoms with E-state index in [1.807, 2.05) is 0 Å².